The van der Waals surface area contributed by atoms with Crippen LogP contribution in [-0.4, -0.2) is 37.8 Å². The van der Waals surface area contributed by atoms with Gasteiger partial charge in [-0.1, -0.05) is 25.1 Å². The zero-order chi connectivity index (χ0) is 15.8. The van der Waals surface area contributed by atoms with Crippen LogP contribution in [0.2, 0.25) is 0 Å². The Labute approximate surface area is 135 Å². The second kappa shape index (κ2) is 5.68. The van der Waals surface area contributed by atoms with Crippen LogP contribution in [-0.2, 0) is 19.4 Å². The molecule has 6 nitrogen and oxygen atoms in total. The third kappa shape index (κ3) is 2.48. The van der Waals surface area contributed by atoms with Crippen LogP contribution in [0.1, 0.15) is 31.4 Å². The maximum absolute atomic E-state index is 12.8. The fourth-order valence-corrected chi connectivity index (χ4v) is 3.80. The van der Waals surface area contributed by atoms with Crippen molar-refractivity contribution < 1.29 is 4.79 Å². The highest BCUT2D eigenvalue weighted by Gasteiger charge is 2.41. The molecular formula is C17H21N5O. The van der Waals surface area contributed by atoms with Gasteiger partial charge in [-0.05, 0) is 25.0 Å². The molecule has 23 heavy (non-hydrogen) atoms. The number of urea groups is 1. The van der Waals surface area contributed by atoms with Crippen LogP contribution in [0.15, 0.2) is 30.3 Å². The van der Waals surface area contributed by atoms with Gasteiger partial charge in [-0.2, -0.15) is 0 Å². The summed E-state index contributed by atoms with van der Waals surface area (Å²) in [6.07, 6.45) is 3.77. The number of benzene rings is 1. The molecule has 1 fully saturated rings. The number of carbonyl (C=O) groups excluding carboxylic acids is 1. The summed E-state index contributed by atoms with van der Waals surface area (Å²) in [7, 11) is 0. The molecule has 2 aromatic rings. The van der Waals surface area contributed by atoms with Crippen LogP contribution in [0, 0.1) is 0 Å². The highest BCUT2D eigenvalue weighted by molar-refractivity contribution is 5.90. The number of amides is 2. The first-order valence-corrected chi connectivity index (χ1v) is 8.31. The quantitative estimate of drug-likeness (QED) is 0.926. The van der Waals surface area contributed by atoms with E-state index in [0.29, 0.717) is 0 Å². The van der Waals surface area contributed by atoms with E-state index in [1.54, 1.807) is 0 Å². The second-order valence-corrected chi connectivity index (χ2v) is 6.29. The number of carbonyl (C=O) groups is 1. The summed E-state index contributed by atoms with van der Waals surface area (Å²) >= 11 is 0. The summed E-state index contributed by atoms with van der Waals surface area (Å²) in [5, 5.41) is 11.7. The highest BCUT2D eigenvalue weighted by atomic mass is 16.2. The Bertz CT molecular complexity index is 711. The zero-order valence-corrected chi connectivity index (χ0v) is 13.3. The summed E-state index contributed by atoms with van der Waals surface area (Å²) in [4.78, 5) is 14.8. The molecule has 2 aliphatic rings. The summed E-state index contributed by atoms with van der Waals surface area (Å²) in [6, 6.07) is 10.1. The smallest absolute Gasteiger partial charge is 0.316 e. The number of para-hydroxylation sites is 1. The van der Waals surface area contributed by atoms with Crippen molar-refractivity contribution in [3.63, 3.8) is 0 Å². The van der Waals surface area contributed by atoms with Crippen LogP contribution >= 0.6 is 0 Å². The van der Waals surface area contributed by atoms with Gasteiger partial charge in [-0.15, -0.1) is 10.2 Å². The molecule has 3 heterocycles. The monoisotopic (exact) mass is 311 g/mol. The summed E-state index contributed by atoms with van der Waals surface area (Å²) in [5.74, 6) is 2.04. The number of rotatable bonds is 2. The summed E-state index contributed by atoms with van der Waals surface area (Å²) < 4.78 is 2.21. The number of hydrogen-bond donors (Lipinski definition) is 1. The lowest BCUT2D eigenvalue weighted by atomic mass is 10.1. The van der Waals surface area contributed by atoms with Gasteiger partial charge in [-0.3, -0.25) is 0 Å². The van der Waals surface area contributed by atoms with Gasteiger partial charge >= 0.3 is 6.03 Å². The first-order chi connectivity index (χ1) is 11.3. The lowest BCUT2D eigenvalue weighted by molar-refractivity contribution is 0.184. The molecule has 2 amide bonds. The number of aryl methyl sites for hydroxylation is 1. The number of aromatic nitrogens is 3. The Hall–Kier alpha value is -2.37. The molecule has 120 valence electrons. The molecule has 0 saturated carbocycles. The minimum absolute atomic E-state index is 0.000427. The van der Waals surface area contributed by atoms with Crippen molar-refractivity contribution >= 4 is 11.7 Å². The molecule has 4 rings (SSSR count). The van der Waals surface area contributed by atoms with Gasteiger partial charge in [0.15, 0.2) is 0 Å². The average Bonchev–Trinajstić information content (AvgIpc) is 3.08. The van der Waals surface area contributed by atoms with Crippen LogP contribution in [0.4, 0.5) is 10.5 Å². The van der Waals surface area contributed by atoms with Crippen molar-refractivity contribution in [2.45, 2.75) is 51.2 Å². The minimum Gasteiger partial charge on any atom is -0.316 e. The van der Waals surface area contributed by atoms with Gasteiger partial charge in [0.05, 0.1) is 6.04 Å². The molecule has 0 spiro atoms. The van der Waals surface area contributed by atoms with Crippen molar-refractivity contribution in [2.24, 2.45) is 0 Å². The van der Waals surface area contributed by atoms with Gasteiger partial charge in [0.2, 0.25) is 0 Å². The van der Waals surface area contributed by atoms with Gasteiger partial charge in [-0.25, -0.2) is 4.79 Å². The van der Waals surface area contributed by atoms with E-state index in [1.807, 2.05) is 35.2 Å². The minimum atomic E-state index is 0.000427. The van der Waals surface area contributed by atoms with E-state index in [-0.39, 0.29) is 18.1 Å². The maximum Gasteiger partial charge on any atom is 0.322 e. The molecule has 1 N–H and O–H groups in total. The van der Waals surface area contributed by atoms with Crippen LogP contribution in [0.3, 0.4) is 0 Å². The average molecular weight is 311 g/mol. The van der Waals surface area contributed by atoms with E-state index in [4.69, 9.17) is 0 Å². The van der Waals surface area contributed by atoms with Gasteiger partial charge in [0.25, 0.3) is 0 Å². The Morgan fingerprint density at radius 2 is 2.00 bits per heavy atom. The summed E-state index contributed by atoms with van der Waals surface area (Å²) in [6.45, 7) is 2.91. The SMILES string of the molecule is CCc1nnc2n1C[C@H]1CC[C@@H](C2)N1C(=O)Nc1ccccc1. The van der Waals surface area contributed by atoms with E-state index in [2.05, 4.69) is 27.0 Å². The lowest BCUT2D eigenvalue weighted by Crippen LogP contribution is -2.44. The predicted octanol–water partition coefficient (Wildman–Crippen LogP) is 2.46. The van der Waals surface area contributed by atoms with Gasteiger partial charge < -0.3 is 14.8 Å². The normalized spacial score (nSPS) is 22.6. The molecule has 2 aliphatic heterocycles. The Balaban J connectivity index is 1.57. The van der Waals surface area contributed by atoms with Crippen molar-refractivity contribution in [1.82, 2.24) is 19.7 Å². The highest BCUT2D eigenvalue weighted by Crippen LogP contribution is 2.32. The lowest BCUT2D eigenvalue weighted by Gasteiger charge is -2.28. The number of fused-ring (bicyclic) bond motifs is 3. The molecule has 1 saturated heterocycles. The topological polar surface area (TPSA) is 63.1 Å². The number of nitrogens with zero attached hydrogens (tertiary/aromatic N) is 4. The van der Waals surface area contributed by atoms with Crippen LogP contribution in [0.25, 0.3) is 0 Å². The molecular weight excluding hydrogens is 290 g/mol. The van der Waals surface area contributed by atoms with E-state index >= 15 is 0 Å². The van der Waals surface area contributed by atoms with Gasteiger partial charge in [0, 0.05) is 31.1 Å². The Kier molecular flexibility index (Phi) is 3.52. The fraction of sp³-hybridized carbons (Fsp3) is 0.471. The number of nitrogens with one attached hydrogen (secondary N) is 1. The van der Waals surface area contributed by atoms with Crippen molar-refractivity contribution in [2.75, 3.05) is 5.32 Å². The number of hydrogen-bond acceptors (Lipinski definition) is 3. The molecule has 0 aliphatic carbocycles. The number of anilines is 1. The van der Waals surface area contributed by atoms with E-state index in [1.165, 1.54) is 0 Å². The third-order valence-electron chi connectivity index (χ3n) is 4.91. The molecule has 0 radical (unpaired) electrons. The zero-order valence-electron chi connectivity index (χ0n) is 13.3. The predicted molar refractivity (Wildman–Crippen MR) is 87.2 cm³/mol. The maximum atomic E-state index is 12.8. The first kappa shape index (κ1) is 14.2. The fourth-order valence-electron chi connectivity index (χ4n) is 3.80. The molecule has 2 bridgehead atoms. The van der Waals surface area contributed by atoms with Crippen LogP contribution in [0.5, 0.6) is 0 Å². The third-order valence-corrected chi connectivity index (χ3v) is 4.91. The Morgan fingerprint density at radius 1 is 1.22 bits per heavy atom. The standard InChI is InChI=1S/C17H21N5O/c1-2-15-19-20-16-10-13-8-9-14(11-21(15)16)22(13)17(23)18-12-6-4-3-5-7-12/h3-7,13-14H,2,8-11H2,1H3,(H,18,23)/t13-,14+/m0/s1. The van der Waals surface area contributed by atoms with Crippen molar-refractivity contribution in [3.8, 4) is 0 Å². The van der Waals surface area contributed by atoms with E-state index in [9.17, 15) is 4.79 Å². The molecule has 1 aromatic carbocycles. The van der Waals surface area contributed by atoms with E-state index in [0.717, 1.165) is 49.6 Å². The van der Waals surface area contributed by atoms with Gasteiger partial charge in [0.1, 0.15) is 11.6 Å². The van der Waals surface area contributed by atoms with E-state index < -0.39 is 0 Å². The van der Waals surface area contributed by atoms with Crippen molar-refractivity contribution in [1.29, 1.82) is 0 Å². The van der Waals surface area contributed by atoms with Crippen LogP contribution < -0.4 is 5.32 Å². The molecule has 2 atom stereocenters. The largest absolute Gasteiger partial charge is 0.322 e. The molecule has 0 unspecified atom stereocenters. The first-order valence-electron chi connectivity index (χ1n) is 8.31. The molecule has 6 heteroatoms. The molecule has 1 aromatic heterocycles. The Morgan fingerprint density at radius 3 is 2.78 bits per heavy atom. The second-order valence-electron chi connectivity index (χ2n) is 6.29. The van der Waals surface area contributed by atoms with Crippen molar-refractivity contribution in [3.05, 3.63) is 42.0 Å². The summed E-state index contributed by atoms with van der Waals surface area (Å²) in [5.41, 5.74) is 0.842.